The van der Waals surface area contributed by atoms with E-state index < -0.39 is 0 Å². The number of diazo groups is 1. The lowest BCUT2D eigenvalue weighted by molar-refractivity contribution is 0.124. The average Bonchev–Trinajstić information content (AvgIpc) is 2.54. The van der Waals surface area contributed by atoms with E-state index in [0.717, 1.165) is 12.6 Å². The lowest BCUT2D eigenvalue weighted by atomic mass is 10.0. The van der Waals surface area contributed by atoms with Gasteiger partial charge in [0.15, 0.2) is 4.98 Å². The molecule has 0 fully saturated rings. The molecule has 0 heterocycles. The Kier molecular flexibility index (Phi) is 18.1. The molecular weight excluding hydrogens is 288 g/mol. The number of nitrogens with zero attached hydrogens (tertiary/aromatic N) is 2. The fourth-order valence-electron chi connectivity index (χ4n) is 2.68. The second kappa shape index (κ2) is 19.0. The largest absolute Gasteiger partial charge is 0.504 e. The maximum Gasteiger partial charge on any atom is 0.389 e. The van der Waals surface area contributed by atoms with Crippen molar-refractivity contribution < 1.29 is 9.84 Å². The van der Waals surface area contributed by atoms with E-state index in [1.165, 1.54) is 83.5 Å². The highest BCUT2D eigenvalue weighted by atomic mass is 16.5. The Morgan fingerprint density at radius 2 is 1.26 bits per heavy atom. The first-order chi connectivity index (χ1) is 11.3. The lowest BCUT2D eigenvalue weighted by Gasteiger charge is -2.04. The van der Waals surface area contributed by atoms with Gasteiger partial charge in [0.25, 0.3) is 0 Å². The van der Waals surface area contributed by atoms with Crippen LogP contribution < -0.4 is 0 Å². The maximum atomic E-state index is 9.15. The molecule has 0 bridgehead atoms. The van der Waals surface area contributed by atoms with Gasteiger partial charge in [-0.1, -0.05) is 90.4 Å². The number of hydrogen-bond donors (Lipinski definition) is 1. The molecule has 0 spiro atoms. The maximum absolute atomic E-state index is 9.15. The molecule has 0 saturated heterocycles. The van der Waals surface area contributed by atoms with Crippen LogP contribution in [-0.4, -0.2) is 18.3 Å². The zero-order chi connectivity index (χ0) is 17.0. The third-order valence-corrected chi connectivity index (χ3v) is 4.10. The van der Waals surface area contributed by atoms with Crippen molar-refractivity contribution in [3.63, 3.8) is 0 Å². The minimum Gasteiger partial charge on any atom is -0.504 e. The molecule has 0 aliphatic rings. The highest BCUT2D eigenvalue weighted by Gasteiger charge is 1.99. The summed E-state index contributed by atoms with van der Waals surface area (Å²) in [4.78, 5) is 2.74. The Bertz CT molecular complexity index is 311. The minimum atomic E-state index is -0.0436. The highest BCUT2D eigenvalue weighted by molar-refractivity contribution is 4.95. The van der Waals surface area contributed by atoms with Crippen molar-refractivity contribution in [1.29, 1.82) is 5.39 Å². The van der Waals surface area contributed by atoms with Crippen molar-refractivity contribution in [2.75, 3.05) is 13.2 Å². The van der Waals surface area contributed by atoms with Gasteiger partial charge in [-0.3, -0.25) is 0 Å². The summed E-state index contributed by atoms with van der Waals surface area (Å²) in [6, 6.07) is 0. The highest BCUT2D eigenvalue weighted by Crippen LogP contribution is 2.12. The molecule has 0 saturated carbocycles. The van der Waals surface area contributed by atoms with E-state index in [1.54, 1.807) is 0 Å². The van der Waals surface area contributed by atoms with E-state index >= 15 is 0 Å². The van der Waals surface area contributed by atoms with E-state index in [0.29, 0.717) is 6.61 Å². The van der Waals surface area contributed by atoms with Gasteiger partial charge in [-0.15, -0.1) is 0 Å². The first-order valence-electron chi connectivity index (χ1n) is 9.61. The second-order valence-electron chi connectivity index (χ2n) is 6.38. The summed E-state index contributed by atoms with van der Waals surface area (Å²) in [6.45, 7) is 3.05. The van der Waals surface area contributed by atoms with Crippen LogP contribution in [0.4, 0.5) is 0 Å². The van der Waals surface area contributed by atoms with Crippen LogP contribution in [0, 0.1) is 5.39 Å². The van der Waals surface area contributed by atoms with Gasteiger partial charge in [-0.05, 0) is 6.42 Å². The van der Waals surface area contributed by atoms with Crippen molar-refractivity contribution in [2.24, 2.45) is 0 Å². The van der Waals surface area contributed by atoms with E-state index in [1.807, 2.05) is 0 Å². The van der Waals surface area contributed by atoms with Crippen LogP contribution >= 0.6 is 0 Å². The number of rotatable bonds is 17. The fourth-order valence-corrected chi connectivity index (χ4v) is 2.68. The van der Waals surface area contributed by atoms with Crippen LogP contribution in [0.1, 0.15) is 96.8 Å². The Morgan fingerprint density at radius 1 is 0.826 bits per heavy atom. The number of aliphatic hydroxyl groups excluding tert-OH is 1. The van der Waals surface area contributed by atoms with Crippen LogP contribution in [0.5, 0.6) is 0 Å². The molecule has 0 rings (SSSR count). The predicted octanol–water partition coefficient (Wildman–Crippen LogP) is 6.74. The quantitative estimate of drug-likeness (QED) is 0.183. The molecule has 0 aliphatic carbocycles. The van der Waals surface area contributed by atoms with Crippen molar-refractivity contribution in [3.8, 4) is 0 Å². The SMILES string of the molecule is CCCCCCCCCCCCCCCCOC/C(O)=C/[N+]#N. The Balaban J connectivity index is 3.06. The summed E-state index contributed by atoms with van der Waals surface area (Å²) < 4.78 is 5.27. The van der Waals surface area contributed by atoms with Crippen LogP contribution in [0.3, 0.4) is 0 Å². The standard InChI is InChI=1S/C19H36N2O2/c1-2-3-4-5-6-7-8-9-10-11-12-13-14-15-16-23-18-19(22)17-21-20/h17H,2-16,18H2,1H3/p+1/b19-17-. The summed E-state index contributed by atoms with van der Waals surface area (Å²) in [5.41, 5.74) is 0. The summed E-state index contributed by atoms with van der Waals surface area (Å²) in [5, 5.41) is 17.4. The van der Waals surface area contributed by atoms with Crippen molar-refractivity contribution >= 4 is 0 Å². The smallest absolute Gasteiger partial charge is 0.389 e. The molecule has 0 aromatic carbocycles. The summed E-state index contributed by atoms with van der Waals surface area (Å²) in [5.74, 6) is -0.0436. The summed E-state index contributed by atoms with van der Waals surface area (Å²) in [7, 11) is 0. The molecule has 0 amide bonds. The monoisotopic (exact) mass is 325 g/mol. The first kappa shape index (κ1) is 21.9. The van der Waals surface area contributed by atoms with Crippen LogP contribution in [0.25, 0.3) is 4.98 Å². The van der Waals surface area contributed by atoms with Gasteiger partial charge in [0.2, 0.25) is 11.2 Å². The van der Waals surface area contributed by atoms with E-state index in [2.05, 4.69) is 11.9 Å². The molecule has 0 radical (unpaired) electrons. The molecule has 23 heavy (non-hydrogen) atoms. The summed E-state index contributed by atoms with van der Waals surface area (Å²) >= 11 is 0. The van der Waals surface area contributed by atoms with E-state index in [4.69, 9.17) is 15.2 Å². The minimum absolute atomic E-state index is 0.0436. The molecular formula is C19H37N2O2+. The van der Waals surface area contributed by atoms with Gasteiger partial charge >= 0.3 is 6.20 Å². The summed E-state index contributed by atoms with van der Waals surface area (Å²) in [6.07, 6.45) is 19.8. The zero-order valence-electron chi connectivity index (χ0n) is 15.1. The molecule has 0 aromatic rings. The van der Waals surface area contributed by atoms with Gasteiger partial charge in [-0.25, -0.2) is 0 Å². The van der Waals surface area contributed by atoms with Gasteiger partial charge in [0.05, 0.1) is 0 Å². The molecule has 0 unspecified atom stereocenters. The third-order valence-electron chi connectivity index (χ3n) is 4.10. The first-order valence-corrected chi connectivity index (χ1v) is 9.61. The van der Waals surface area contributed by atoms with Crippen molar-refractivity contribution in [1.82, 2.24) is 0 Å². The van der Waals surface area contributed by atoms with Crippen LogP contribution in [0.15, 0.2) is 12.0 Å². The molecule has 1 N–H and O–H groups in total. The topological polar surface area (TPSA) is 57.6 Å². The lowest BCUT2D eigenvalue weighted by Crippen LogP contribution is -1.99. The van der Waals surface area contributed by atoms with Crippen molar-refractivity contribution in [2.45, 2.75) is 96.8 Å². The normalized spacial score (nSPS) is 11.6. The van der Waals surface area contributed by atoms with Crippen molar-refractivity contribution in [3.05, 3.63) is 16.9 Å². The Morgan fingerprint density at radius 3 is 1.70 bits per heavy atom. The number of unbranched alkanes of at least 4 members (excludes halogenated alkanes) is 13. The number of aliphatic hydroxyl groups is 1. The number of ether oxygens (including phenoxy) is 1. The molecule has 0 aromatic heterocycles. The van der Waals surface area contributed by atoms with Gasteiger partial charge in [0, 0.05) is 6.61 Å². The molecule has 134 valence electrons. The van der Waals surface area contributed by atoms with E-state index in [9.17, 15) is 0 Å². The van der Waals surface area contributed by atoms with Crippen LogP contribution in [-0.2, 0) is 4.74 Å². The number of hydrogen-bond acceptors (Lipinski definition) is 3. The fraction of sp³-hybridized carbons (Fsp3) is 0.895. The Labute approximate surface area is 142 Å². The Hall–Kier alpha value is -1.08. The molecule has 0 aliphatic heterocycles. The van der Waals surface area contributed by atoms with E-state index in [-0.39, 0.29) is 12.4 Å². The van der Waals surface area contributed by atoms with Gasteiger partial charge in [-0.2, -0.15) is 0 Å². The predicted molar refractivity (Wildman–Crippen MR) is 96.9 cm³/mol. The second-order valence-corrected chi connectivity index (χ2v) is 6.38. The molecule has 0 atom stereocenters. The van der Waals surface area contributed by atoms with Crippen LogP contribution in [0.2, 0.25) is 0 Å². The molecule has 4 heteroatoms. The van der Waals surface area contributed by atoms with Gasteiger partial charge < -0.3 is 9.84 Å². The average molecular weight is 326 g/mol. The zero-order valence-corrected chi connectivity index (χ0v) is 15.1. The third kappa shape index (κ3) is 18.9. The molecule has 4 nitrogen and oxygen atoms in total. The van der Waals surface area contributed by atoms with Gasteiger partial charge in [0.1, 0.15) is 6.61 Å².